The average molecular weight is 373 g/mol. The van der Waals surface area contributed by atoms with E-state index in [2.05, 4.69) is 10.2 Å². The van der Waals surface area contributed by atoms with Crippen LogP contribution in [-0.2, 0) is 16.4 Å². The van der Waals surface area contributed by atoms with Gasteiger partial charge in [-0.15, -0.1) is 11.3 Å². The van der Waals surface area contributed by atoms with Gasteiger partial charge in [0.25, 0.3) is 15.6 Å². The lowest BCUT2D eigenvalue weighted by atomic mass is 10.1. The van der Waals surface area contributed by atoms with Crippen LogP contribution in [0, 0.1) is 0 Å². The molecule has 1 aliphatic heterocycles. The second kappa shape index (κ2) is 5.82. The SMILES string of the molecule is C[C@@H]1Cc2ccccc2N1S(=O)(=O)c1cc(-c2ccc(=O)[nH]n2)cs1. The summed E-state index contributed by atoms with van der Waals surface area (Å²) < 4.78 is 28.1. The lowest BCUT2D eigenvalue weighted by molar-refractivity contribution is 0.586. The second-order valence-corrected chi connectivity index (χ2v) is 8.90. The quantitative estimate of drug-likeness (QED) is 0.765. The molecular formula is C17H15N3O3S2. The van der Waals surface area contributed by atoms with Gasteiger partial charge < -0.3 is 0 Å². The molecule has 1 atom stereocenters. The lowest BCUT2D eigenvalue weighted by Crippen LogP contribution is -2.35. The van der Waals surface area contributed by atoms with Crippen molar-refractivity contribution in [3.63, 3.8) is 0 Å². The third-order valence-electron chi connectivity index (χ3n) is 4.21. The normalized spacial score (nSPS) is 16.8. The van der Waals surface area contributed by atoms with Gasteiger partial charge in [0.15, 0.2) is 0 Å². The fraction of sp³-hybridized carbons (Fsp3) is 0.176. The van der Waals surface area contributed by atoms with Gasteiger partial charge in [-0.3, -0.25) is 9.10 Å². The first kappa shape index (κ1) is 16.0. The van der Waals surface area contributed by atoms with Gasteiger partial charge in [-0.05, 0) is 37.1 Å². The van der Waals surface area contributed by atoms with Crippen LogP contribution in [-0.4, -0.2) is 24.7 Å². The van der Waals surface area contributed by atoms with Crippen molar-refractivity contribution in [3.8, 4) is 11.3 Å². The minimum absolute atomic E-state index is 0.126. The molecule has 1 N–H and O–H groups in total. The van der Waals surface area contributed by atoms with Crippen LogP contribution in [0.25, 0.3) is 11.3 Å². The summed E-state index contributed by atoms with van der Waals surface area (Å²) in [6.45, 7) is 1.91. The molecule has 0 amide bonds. The first-order valence-electron chi connectivity index (χ1n) is 7.74. The molecule has 1 aromatic carbocycles. The standard InChI is InChI=1S/C17H15N3O3S2/c1-11-8-12-4-2-3-5-15(12)20(11)25(22,23)17-9-13(10-24-17)14-6-7-16(21)19-18-14/h2-7,9-11H,8H2,1H3,(H,19,21)/t11-/m1/s1. The van der Waals surface area contributed by atoms with E-state index in [0.717, 1.165) is 22.6 Å². The molecule has 0 unspecified atom stereocenters. The molecule has 0 aliphatic carbocycles. The molecule has 0 saturated heterocycles. The fourth-order valence-corrected chi connectivity index (χ4v) is 6.05. The molecule has 128 valence electrons. The Kier molecular flexibility index (Phi) is 3.73. The Balaban J connectivity index is 1.75. The zero-order chi connectivity index (χ0) is 17.6. The molecule has 0 radical (unpaired) electrons. The maximum atomic E-state index is 13.2. The Labute approximate surface area is 148 Å². The molecule has 2 aromatic heterocycles. The van der Waals surface area contributed by atoms with E-state index in [0.29, 0.717) is 17.7 Å². The van der Waals surface area contributed by atoms with Gasteiger partial charge in [0.1, 0.15) is 4.21 Å². The van der Waals surface area contributed by atoms with Gasteiger partial charge in [0.05, 0.1) is 11.4 Å². The Morgan fingerprint density at radius 3 is 2.80 bits per heavy atom. The van der Waals surface area contributed by atoms with Crippen LogP contribution < -0.4 is 9.86 Å². The Hall–Kier alpha value is -2.45. The highest BCUT2D eigenvalue weighted by Gasteiger charge is 2.36. The second-order valence-electron chi connectivity index (χ2n) is 5.94. The van der Waals surface area contributed by atoms with E-state index < -0.39 is 10.0 Å². The number of sulfonamides is 1. The van der Waals surface area contributed by atoms with Gasteiger partial charge in [-0.25, -0.2) is 13.5 Å². The largest absolute Gasteiger partial charge is 0.274 e. The molecule has 4 rings (SSSR count). The van der Waals surface area contributed by atoms with Crippen LogP contribution >= 0.6 is 11.3 Å². The number of rotatable bonds is 3. The fourth-order valence-electron chi connectivity index (χ4n) is 3.09. The number of anilines is 1. The highest BCUT2D eigenvalue weighted by Crippen LogP contribution is 2.38. The van der Waals surface area contributed by atoms with E-state index in [9.17, 15) is 13.2 Å². The van der Waals surface area contributed by atoms with Crippen LogP contribution in [0.4, 0.5) is 5.69 Å². The summed E-state index contributed by atoms with van der Waals surface area (Å²) in [5.41, 5.74) is 2.69. The number of para-hydroxylation sites is 1. The van der Waals surface area contributed by atoms with E-state index in [1.165, 1.54) is 10.4 Å². The van der Waals surface area contributed by atoms with Gasteiger partial charge in [-0.1, -0.05) is 18.2 Å². The van der Waals surface area contributed by atoms with Gasteiger partial charge in [0, 0.05) is 23.1 Å². The maximum Gasteiger partial charge on any atom is 0.274 e. The van der Waals surface area contributed by atoms with Crippen molar-refractivity contribution >= 4 is 27.0 Å². The van der Waals surface area contributed by atoms with Crippen molar-refractivity contribution in [2.75, 3.05) is 4.31 Å². The monoisotopic (exact) mass is 373 g/mol. The summed E-state index contributed by atoms with van der Waals surface area (Å²) in [5, 5.41) is 8.05. The number of benzene rings is 1. The molecule has 0 fully saturated rings. The summed E-state index contributed by atoms with van der Waals surface area (Å²) >= 11 is 1.16. The van der Waals surface area contributed by atoms with E-state index in [1.54, 1.807) is 17.5 Å². The van der Waals surface area contributed by atoms with Crippen LogP contribution in [0.2, 0.25) is 0 Å². The molecule has 8 heteroatoms. The van der Waals surface area contributed by atoms with Crippen LogP contribution in [0.3, 0.4) is 0 Å². The third kappa shape index (κ3) is 2.67. The predicted molar refractivity (Wildman–Crippen MR) is 97.4 cm³/mol. The Morgan fingerprint density at radius 2 is 2.04 bits per heavy atom. The summed E-state index contributed by atoms with van der Waals surface area (Å²) in [4.78, 5) is 11.1. The number of nitrogens with one attached hydrogen (secondary N) is 1. The highest BCUT2D eigenvalue weighted by atomic mass is 32.2. The van der Waals surface area contributed by atoms with Crippen molar-refractivity contribution < 1.29 is 8.42 Å². The van der Waals surface area contributed by atoms with E-state index in [-0.39, 0.29) is 15.8 Å². The topological polar surface area (TPSA) is 83.1 Å². The molecular weight excluding hydrogens is 358 g/mol. The minimum atomic E-state index is -3.64. The van der Waals surface area contributed by atoms with E-state index in [4.69, 9.17) is 0 Å². The van der Waals surface area contributed by atoms with Gasteiger partial charge >= 0.3 is 0 Å². The first-order valence-corrected chi connectivity index (χ1v) is 10.1. The third-order valence-corrected chi connectivity index (χ3v) is 7.55. The molecule has 0 bridgehead atoms. The number of aromatic nitrogens is 2. The number of hydrogen-bond acceptors (Lipinski definition) is 5. The first-order chi connectivity index (χ1) is 12.0. The Morgan fingerprint density at radius 1 is 1.24 bits per heavy atom. The predicted octanol–water partition coefficient (Wildman–Crippen LogP) is 2.64. The zero-order valence-corrected chi connectivity index (χ0v) is 15.0. The summed E-state index contributed by atoms with van der Waals surface area (Å²) in [7, 11) is -3.64. The number of nitrogens with zero attached hydrogens (tertiary/aromatic N) is 2. The summed E-state index contributed by atoms with van der Waals surface area (Å²) in [6, 6.07) is 12.0. The van der Waals surface area contributed by atoms with E-state index >= 15 is 0 Å². The van der Waals surface area contributed by atoms with Crippen molar-refractivity contribution in [2.45, 2.75) is 23.6 Å². The van der Waals surface area contributed by atoms with Crippen molar-refractivity contribution in [3.05, 3.63) is 63.8 Å². The van der Waals surface area contributed by atoms with Crippen LogP contribution in [0.1, 0.15) is 12.5 Å². The smallest absolute Gasteiger partial charge is 0.268 e. The minimum Gasteiger partial charge on any atom is -0.268 e. The summed E-state index contributed by atoms with van der Waals surface area (Å²) in [6.07, 6.45) is 0.703. The number of aromatic amines is 1. The average Bonchev–Trinajstić information content (AvgIpc) is 3.19. The van der Waals surface area contributed by atoms with Crippen molar-refractivity contribution in [1.82, 2.24) is 10.2 Å². The molecule has 3 aromatic rings. The van der Waals surface area contributed by atoms with Crippen LogP contribution in [0.5, 0.6) is 0 Å². The molecule has 0 saturated carbocycles. The van der Waals surface area contributed by atoms with Crippen molar-refractivity contribution in [2.24, 2.45) is 0 Å². The highest BCUT2D eigenvalue weighted by molar-refractivity contribution is 7.94. The van der Waals surface area contributed by atoms with Crippen molar-refractivity contribution in [1.29, 1.82) is 0 Å². The van der Waals surface area contributed by atoms with Gasteiger partial charge in [-0.2, -0.15) is 5.10 Å². The number of thiophene rings is 1. The molecule has 25 heavy (non-hydrogen) atoms. The summed E-state index contributed by atoms with van der Waals surface area (Å²) in [5.74, 6) is 0. The number of hydrogen-bond donors (Lipinski definition) is 1. The van der Waals surface area contributed by atoms with E-state index in [1.807, 2.05) is 31.2 Å². The molecule has 3 heterocycles. The van der Waals surface area contributed by atoms with Gasteiger partial charge in [0.2, 0.25) is 0 Å². The molecule has 6 nitrogen and oxygen atoms in total. The van der Waals surface area contributed by atoms with Crippen LogP contribution in [0.15, 0.2) is 56.8 Å². The number of H-pyrrole nitrogens is 1. The lowest BCUT2D eigenvalue weighted by Gasteiger charge is -2.23. The molecule has 0 spiro atoms. The molecule has 1 aliphatic rings. The Bertz CT molecular complexity index is 1080. The maximum absolute atomic E-state index is 13.2. The number of fused-ring (bicyclic) bond motifs is 1. The zero-order valence-electron chi connectivity index (χ0n) is 13.3.